The minimum Gasteiger partial charge on any atom is -0.756 e. The van der Waals surface area contributed by atoms with Gasteiger partial charge in [0.1, 0.15) is 19.3 Å². The van der Waals surface area contributed by atoms with Crippen molar-refractivity contribution in [3.05, 3.63) is 97.2 Å². The number of nitrogens with one attached hydrogen (secondary N) is 1. The second-order valence-corrected chi connectivity index (χ2v) is 22.2. The topological polar surface area (TPSA) is 114 Å². The van der Waals surface area contributed by atoms with Gasteiger partial charge in [0.2, 0.25) is 5.91 Å². The summed E-state index contributed by atoms with van der Waals surface area (Å²) in [6, 6.07) is -0.931. The van der Waals surface area contributed by atoms with E-state index in [0.29, 0.717) is 23.9 Å². The molecule has 0 fully saturated rings. The highest BCUT2D eigenvalue weighted by molar-refractivity contribution is 7.45. The molecule has 0 aliphatic heterocycles. The van der Waals surface area contributed by atoms with Crippen molar-refractivity contribution in [3.8, 4) is 0 Å². The molecule has 1 N–H and O–H groups in total. The number of esters is 1. The first kappa shape index (κ1) is 69.9. The van der Waals surface area contributed by atoms with Crippen LogP contribution in [-0.2, 0) is 27.9 Å². The maximum Gasteiger partial charge on any atom is 0.306 e. The van der Waals surface area contributed by atoms with Crippen LogP contribution in [0.25, 0.3) is 0 Å². The normalized spacial score (nSPS) is 14.5. The molecule has 0 spiro atoms. The summed E-state index contributed by atoms with van der Waals surface area (Å²) < 4.78 is 30.2. The van der Waals surface area contributed by atoms with Crippen molar-refractivity contribution in [2.75, 3.05) is 40.9 Å². The van der Waals surface area contributed by atoms with Gasteiger partial charge < -0.3 is 28.5 Å². The predicted molar refractivity (Wildman–Crippen MR) is 311 cm³/mol. The lowest BCUT2D eigenvalue weighted by Crippen LogP contribution is -2.47. The summed E-state index contributed by atoms with van der Waals surface area (Å²) in [5, 5.41) is 2.97. The molecule has 73 heavy (non-hydrogen) atoms. The number of phosphoric ester groups is 1. The standard InChI is InChI=1S/C63H111N2O7P/c1-7-10-13-16-19-22-25-28-29-30-31-32-33-34-35-38-41-44-47-50-53-56-63(67)72-61(54-51-48-45-42-39-36-26-23-20-17-14-11-8-2)60(59-71-73(68,69)70-58-57-65(4,5)6)64-62(66)55-52-49-46-43-40-37-27-24-21-18-15-12-9-3/h10,13,19,22,28-29,31-32,34-35,37,40,46,49,51,54,60-61H,7-9,11-12,14-18,20-21,23-27,30,33,36,38-39,41-45,47-48,50,52-53,55-59H2,1-6H3,(H-,64,66,68,69)/b13-10-,22-19-,29-28-,32-31-,35-34-,40-37-,49-46+,54-51-. The number of phosphoric acid groups is 1. The summed E-state index contributed by atoms with van der Waals surface area (Å²) in [5.41, 5.74) is 0. The second kappa shape index (κ2) is 52.4. The lowest BCUT2D eigenvalue weighted by Gasteiger charge is -2.30. The van der Waals surface area contributed by atoms with Gasteiger partial charge in [0.25, 0.3) is 7.82 Å². The van der Waals surface area contributed by atoms with Crippen LogP contribution in [0.1, 0.15) is 239 Å². The molecule has 0 heterocycles. The van der Waals surface area contributed by atoms with E-state index in [4.69, 9.17) is 13.8 Å². The largest absolute Gasteiger partial charge is 0.756 e. The number of hydrogen-bond donors (Lipinski definition) is 1. The summed E-state index contributed by atoms with van der Waals surface area (Å²) in [7, 11) is 1.13. The predicted octanol–water partition coefficient (Wildman–Crippen LogP) is 17.4. The molecule has 0 saturated heterocycles. The van der Waals surface area contributed by atoms with E-state index in [1.54, 1.807) is 0 Å². The zero-order chi connectivity index (χ0) is 53.6. The molecular weight excluding hydrogens is 928 g/mol. The van der Waals surface area contributed by atoms with Crippen molar-refractivity contribution in [1.29, 1.82) is 0 Å². The number of rotatable bonds is 52. The van der Waals surface area contributed by atoms with Crippen LogP contribution < -0.4 is 10.2 Å². The third-order valence-corrected chi connectivity index (χ3v) is 13.5. The first-order chi connectivity index (χ1) is 35.4. The van der Waals surface area contributed by atoms with Gasteiger partial charge in [-0.1, -0.05) is 227 Å². The number of nitrogens with zero attached hydrogens (tertiary/aromatic N) is 1. The smallest absolute Gasteiger partial charge is 0.306 e. The molecule has 10 heteroatoms. The molecule has 420 valence electrons. The van der Waals surface area contributed by atoms with Crippen LogP contribution >= 0.6 is 7.82 Å². The van der Waals surface area contributed by atoms with Crippen molar-refractivity contribution in [2.45, 2.75) is 251 Å². The summed E-state index contributed by atoms with van der Waals surface area (Å²) in [5.74, 6) is -0.646. The third-order valence-electron chi connectivity index (χ3n) is 12.5. The van der Waals surface area contributed by atoms with E-state index in [1.807, 2.05) is 39.4 Å². The van der Waals surface area contributed by atoms with Gasteiger partial charge in [0.15, 0.2) is 0 Å². The molecule has 0 radical (unpaired) electrons. The minimum atomic E-state index is -4.72. The number of unbranched alkanes of at least 4 members (excludes halogenated alkanes) is 22. The Morgan fingerprint density at radius 2 is 0.890 bits per heavy atom. The Bertz CT molecular complexity index is 1570. The Kier molecular flexibility index (Phi) is 50.2. The molecule has 9 nitrogen and oxygen atoms in total. The molecular formula is C63H111N2O7P. The molecule has 0 saturated carbocycles. The maximum atomic E-state index is 13.4. The van der Waals surface area contributed by atoms with Crippen LogP contribution in [0.5, 0.6) is 0 Å². The van der Waals surface area contributed by atoms with E-state index in [0.717, 1.165) is 96.3 Å². The average Bonchev–Trinajstić information content (AvgIpc) is 3.35. The number of allylic oxidation sites excluding steroid dienone is 15. The minimum absolute atomic E-state index is 0.0392. The summed E-state index contributed by atoms with van der Waals surface area (Å²) in [6.07, 6.45) is 69.6. The number of carbonyl (C=O) groups excluding carboxylic acids is 2. The van der Waals surface area contributed by atoms with E-state index in [1.165, 1.54) is 96.3 Å². The summed E-state index contributed by atoms with van der Waals surface area (Å²) in [6.45, 7) is 6.65. The van der Waals surface area contributed by atoms with Gasteiger partial charge >= 0.3 is 5.97 Å². The molecule has 1 amide bonds. The third kappa shape index (κ3) is 53.6. The van der Waals surface area contributed by atoms with Gasteiger partial charge in [0, 0.05) is 12.8 Å². The molecule has 0 aromatic carbocycles. The fraction of sp³-hybridized carbons (Fsp3) is 0.714. The van der Waals surface area contributed by atoms with Crippen LogP contribution in [0.4, 0.5) is 0 Å². The molecule has 0 bridgehead atoms. The molecule has 0 aromatic heterocycles. The van der Waals surface area contributed by atoms with Crippen LogP contribution in [0.15, 0.2) is 97.2 Å². The fourth-order valence-corrected chi connectivity index (χ4v) is 8.67. The van der Waals surface area contributed by atoms with Crippen molar-refractivity contribution in [2.24, 2.45) is 0 Å². The SMILES string of the molecule is CC/C=C\C/C=C\C/C=C\C/C=C\C/C=C\CCCCCCCC(=O)OC(/C=C\CCCCCCCCCCCCC)C(COP(=O)([O-])OCC[N+](C)(C)C)NC(=O)CC/C=C/C/C=C\CCCCCCCC. The molecule has 0 aromatic rings. The number of amides is 1. The van der Waals surface area contributed by atoms with E-state index < -0.39 is 26.6 Å². The first-order valence-corrected chi connectivity index (χ1v) is 31.0. The van der Waals surface area contributed by atoms with E-state index in [-0.39, 0.29) is 31.3 Å². The maximum absolute atomic E-state index is 13.4. The Morgan fingerprint density at radius 3 is 1.34 bits per heavy atom. The van der Waals surface area contributed by atoms with Crippen molar-refractivity contribution in [3.63, 3.8) is 0 Å². The summed E-state index contributed by atoms with van der Waals surface area (Å²) in [4.78, 5) is 39.8. The number of quaternary nitrogens is 1. The molecule has 0 aliphatic rings. The number of carbonyl (C=O) groups is 2. The quantitative estimate of drug-likeness (QED) is 0.0212. The van der Waals surface area contributed by atoms with Gasteiger partial charge in [-0.3, -0.25) is 14.2 Å². The van der Waals surface area contributed by atoms with Gasteiger partial charge in [0.05, 0.1) is 33.8 Å². The van der Waals surface area contributed by atoms with Crippen LogP contribution in [0, 0.1) is 0 Å². The molecule has 0 aliphatic carbocycles. The first-order valence-electron chi connectivity index (χ1n) is 29.5. The Hall–Kier alpha value is -3.07. The number of hydrogen-bond acceptors (Lipinski definition) is 7. The monoisotopic (exact) mass is 1040 g/mol. The Balaban J connectivity index is 5.41. The van der Waals surface area contributed by atoms with Crippen molar-refractivity contribution in [1.82, 2.24) is 5.32 Å². The highest BCUT2D eigenvalue weighted by Gasteiger charge is 2.27. The average molecular weight is 1040 g/mol. The van der Waals surface area contributed by atoms with Gasteiger partial charge in [-0.15, -0.1) is 0 Å². The zero-order valence-electron chi connectivity index (χ0n) is 47.8. The lowest BCUT2D eigenvalue weighted by atomic mass is 10.0. The van der Waals surface area contributed by atoms with Gasteiger partial charge in [-0.25, -0.2) is 0 Å². The zero-order valence-corrected chi connectivity index (χ0v) is 48.7. The summed E-state index contributed by atoms with van der Waals surface area (Å²) >= 11 is 0. The van der Waals surface area contributed by atoms with E-state index >= 15 is 0 Å². The van der Waals surface area contributed by atoms with Crippen LogP contribution in [0.2, 0.25) is 0 Å². The molecule has 3 atom stereocenters. The highest BCUT2D eigenvalue weighted by Crippen LogP contribution is 2.38. The molecule has 0 rings (SSSR count). The lowest BCUT2D eigenvalue weighted by molar-refractivity contribution is -0.870. The second-order valence-electron chi connectivity index (χ2n) is 20.8. The number of likely N-dealkylation sites (N-methyl/N-ethyl adjacent to an activating group) is 1. The Morgan fingerprint density at radius 1 is 0.493 bits per heavy atom. The fourth-order valence-electron chi connectivity index (χ4n) is 7.95. The van der Waals surface area contributed by atoms with Gasteiger partial charge in [-0.2, -0.15) is 0 Å². The highest BCUT2D eigenvalue weighted by atomic mass is 31.2. The van der Waals surface area contributed by atoms with Crippen molar-refractivity contribution < 1.29 is 37.3 Å². The van der Waals surface area contributed by atoms with Crippen molar-refractivity contribution >= 4 is 19.7 Å². The molecule has 3 unspecified atom stereocenters. The van der Waals surface area contributed by atoms with E-state index in [2.05, 4.69) is 105 Å². The van der Waals surface area contributed by atoms with E-state index in [9.17, 15) is 19.0 Å². The van der Waals surface area contributed by atoms with Crippen LogP contribution in [-0.4, -0.2) is 69.4 Å². The number of ether oxygens (including phenoxy) is 1. The van der Waals surface area contributed by atoms with Gasteiger partial charge in [-0.05, 0) is 96.0 Å². The van der Waals surface area contributed by atoms with Crippen LogP contribution in [0.3, 0.4) is 0 Å². The Labute approximate surface area is 449 Å².